The fourth-order valence-electron chi connectivity index (χ4n) is 4.50. The molecule has 1 amide bonds. The first kappa shape index (κ1) is 27.2. The fourth-order valence-corrected chi connectivity index (χ4v) is 4.82. The summed E-state index contributed by atoms with van der Waals surface area (Å²) in [7, 11) is 0. The topological polar surface area (TPSA) is 56.6 Å². The van der Waals surface area contributed by atoms with Gasteiger partial charge < -0.3 is 14.5 Å². The number of nitrogens with one attached hydrogen (secondary N) is 1. The molecule has 35 heavy (non-hydrogen) atoms. The second-order valence-electron chi connectivity index (χ2n) is 8.52. The van der Waals surface area contributed by atoms with Crippen molar-refractivity contribution in [2.75, 3.05) is 48.6 Å². The van der Waals surface area contributed by atoms with E-state index in [-0.39, 0.29) is 12.1 Å². The van der Waals surface area contributed by atoms with Crippen molar-refractivity contribution in [3.8, 4) is 0 Å². The van der Waals surface area contributed by atoms with E-state index in [1.54, 1.807) is 23.2 Å². The highest BCUT2D eigenvalue weighted by molar-refractivity contribution is 7.99. The second kappa shape index (κ2) is 12.0. The van der Waals surface area contributed by atoms with Crippen molar-refractivity contribution < 1.29 is 18.0 Å². The Morgan fingerprint density at radius 3 is 2.46 bits per heavy atom. The maximum Gasteiger partial charge on any atom is 0.416 e. The largest absolute Gasteiger partial charge is 0.416 e. The minimum Gasteiger partial charge on any atom is -0.369 e. The van der Waals surface area contributed by atoms with E-state index < -0.39 is 11.7 Å². The average molecular weight is 513 g/mol. The summed E-state index contributed by atoms with van der Waals surface area (Å²) >= 11 is 1.41. The Labute approximate surface area is 209 Å². The summed E-state index contributed by atoms with van der Waals surface area (Å²) in [6, 6.07) is 5.89. The number of amides is 1. The van der Waals surface area contributed by atoms with Crippen LogP contribution in [0.3, 0.4) is 0 Å². The van der Waals surface area contributed by atoms with Gasteiger partial charge in [0.05, 0.1) is 5.56 Å². The van der Waals surface area contributed by atoms with Gasteiger partial charge in [-0.15, -0.1) is 5.10 Å². The number of carbonyl (C=O) groups excluding carboxylic acids is 1. The summed E-state index contributed by atoms with van der Waals surface area (Å²) in [6.07, 6.45) is 1.13. The van der Waals surface area contributed by atoms with Crippen LogP contribution in [-0.2, 0) is 12.7 Å². The lowest BCUT2D eigenvalue weighted by Crippen LogP contribution is -2.49. The third-order valence-corrected chi connectivity index (χ3v) is 6.72. The van der Waals surface area contributed by atoms with E-state index in [4.69, 9.17) is 0 Å². The van der Waals surface area contributed by atoms with E-state index in [0.717, 1.165) is 24.9 Å². The maximum absolute atomic E-state index is 13.4. The highest BCUT2D eigenvalue weighted by atomic mass is 32.2. The van der Waals surface area contributed by atoms with Crippen molar-refractivity contribution in [3.63, 3.8) is 0 Å². The first-order chi connectivity index (χ1) is 16.8. The lowest BCUT2D eigenvalue weighted by molar-refractivity contribution is -0.137. The number of piperazine rings is 1. The van der Waals surface area contributed by atoms with Crippen LogP contribution in [-0.4, -0.2) is 70.6 Å². The Morgan fingerprint density at radius 1 is 1.14 bits per heavy atom. The standard InChI is InChI=1S/C22H29F3N6OS.C2H6/c1-16-4-3-8-30(16)19-14-18(22(23,24)25)6-5-17(19)15-28-10-12-29(13-11-28)21(32)31-9-7-20(26-31)27-33-2;1-2/h5-7,9,14,16H,3-4,8,10-13,15H2,1-2H3,(H,26,27);1-2H3. The molecule has 4 rings (SSSR count). The first-order valence-electron chi connectivity index (χ1n) is 12.1. The van der Waals surface area contributed by atoms with E-state index in [0.29, 0.717) is 44.2 Å². The number of aromatic nitrogens is 2. The van der Waals surface area contributed by atoms with Crippen LogP contribution in [0.1, 0.15) is 44.7 Å². The molecule has 1 N–H and O–H groups in total. The number of halogens is 3. The number of hydrogen-bond donors (Lipinski definition) is 1. The van der Waals surface area contributed by atoms with Crippen molar-refractivity contribution in [1.82, 2.24) is 19.6 Å². The van der Waals surface area contributed by atoms with Crippen molar-refractivity contribution >= 4 is 29.5 Å². The lowest BCUT2D eigenvalue weighted by Gasteiger charge is -2.35. The van der Waals surface area contributed by atoms with Gasteiger partial charge in [0.25, 0.3) is 0 Å². The number of hydrogen-bond acceptors (Lipinski definition) is 6. The molecule has 1 unspecified atom stereocenters. The molecule has 3 heterocycles. The Kier molecular flexibility index (Phi) is 9.34. The smallest absolute Gasteiger partial charge is 0.369 e. The van der Waals surface area contributed by atoms with Gasteiger partial charge in [0.1, 0.15) is 0 Å². The van der Waals surface area contributed by atoms with Crippen LogP contribution in [0.5, 0.6) is 0 Å². The van der Waals surface area contributed by atoms with Gasteiger partial charge >= 0.3 is 12.2 Å². The minimum atomic E-state index is -4.36. The normalized spacial score (nSPS) is 18.9. The summed E-state index contributed by atoms with van der Waals surface area (Å²) in [4.78, 5) is 18.8. The molecule has 0 bridgehead atoms. The zero-order chi connectivity index (χ0) is 25.6. The van der Waals surface area contributed by atoms with Crippen LogP contribution in [0, 0.1) is 0 Å². The van der Waals surface area contributed by atoms with Gasteiger partial charge in [0, 0.05) is 69.5 Å². The van der Waals surface area contributed by atoms with Crippen LogP contribution >= 0.6 is 11.9 Å². The Bertz CT molecular complexity index is 974. The van der Waals surface area contributed by atoms with Gasteiger partial charge in [0.15, 0.2) is 5.82 Å². The first-order valence-corrected chi connectivity index (χ1v) is 13.3. The summed E-state index contributed by atoms with van der Waals surface area (Å²) in [5.74, 6) is 0.625. The lowest BCUT2D eigenvalue weighted by atomic mass is 10.1. The number of nitrogens with zero attached hydrogens (tertiary/aromatic N) is 5. The van der Waals surface area contributed by atoms with E-state index in [2.05, 4.69) is 26.5 Å². The SMILES string of the molecule is CC.CSNc1ccn(C(=O)N2CCN(Cc3ccc(C(F)(F)F)cc3N3CCCC3C)CC2)n1. The van der Waals surface area contributed by atoms with Crippen LogP contribution in [0.15, 0.2) is 30.5 Å². The molecule has 0 spiro atoms. The molecule has 1 atom stereocenters. The van der Waals surface area contributed by atoms with Gasteiger partial charge in [-0.3, -0.25) is 4.90 Å². The Balaban J connectivity index is 0.00000167. The van der Waals surface area contributed by atoms with Crippen molar-refractivity contribution in [3.05, 3.63) is 41.6 Å². The number of rotatable bonds is 5. The predicted octanol–water partition coefficient (Wildman–Crippen LogP) is 5.39. The second-order valence-corrected chi connectivity index (χ2v) is 9.14. The van der Waals surface area contributed by atoms with E-state index in [9.17, 15) is 18.0 Å². The molecular formula is C24H35F3N6OS. The summed E-state index contributed by atoms with van der Waals surface area (Å²) in [6.45, 7) is 9.78. The molecule has 2 aliphatic rings. The zero-order valence-corrected chi connectivity index (χ0v) is 21.6. The van der Waals surface area contributed by atoms with Crippen molar-refractivity contribution in [2.45, 2.75) is 52.4 Å². The van der Waals surface area contributed by atoms with E-state index in [1.807, 2.05) is 20.1 Å². The summed E-state index contributed by atoms with van der Waals surface area (Å²) < 4.78 is 44.4. The van der Waals surface area contributed by atoms with Gasteiger partial charge in [-0.05, 0) is 37.5 Å². The van der Waals surface area contributed by atoms with Crippen molar-refractivity contribution in [2.24, 2.45) is 0 Å². The van der Waals surface area contributed by atoms with Gasteiger partial charge in [-0.2, -0.15) is 17.9 Å². The van der Waals surface area contributed by atoms with E-state index in [1.165, 1.54) is 28.8 Å². The molecule has 0 aliphatic carbocycles. The minimum absolute atomic E-state index is 0.176. The highest BCUT2D eigenvalue weighted by Crippen LogP contribution is 2.36. The maximum atomic E-state index is 13.4. The molecule has 1 aromatic carbocycles. The van der Waals surface area contributed by atoms with E-state index >= 15 is 0 Å². The Hall–Kier alpha value is -2.40. The zero-order valence-electron chi connectivity index (χ0n) is 20.8. The average Bonchev–Trinajstić information content (AvgIpc) is 3.49. The molecule has 2 aliphatic heterocycles. The monoisotopic (exact) mass is 512 g/mol. The third kappa shape index (κ3) is 6.63. The summed E-state index contributed by atoms with van der Waals surface area (Å²) in [5, 5.41) is 4.24. The molecule has 7 nitrogen and oxygen atoms in total. The Morgan fingerprint density at radius 2 is 1.86 bits per heavy atom. The molecule has 1 aromatic heterocycles. The molecule has 0 radical (unpaired) electrons. The molecule has 2 aromatic rings. The van der Waals surface area contributed by atoms with Crippen LogP contribution in [0.2, 0.25) is 0 Å². The molecule has 0 saturated carbocycles. The highest BCUT2D eigenvalue weighted by Gasteiger charge is 2.33. The molecular weight excluding hydrogens is 477 g/mol. The number of benzene rings is 1. The van der Waals surface area contributed by atoms with Crippen LogP contribution in [0.25, 0.3) is 0 Å². The molecule has 2 saturated heterocycles. The number of alkyl halides is 3. The molecule has 194 valence electrons. The van der Waals surface area contributed by atoms with Gasteiger partial charge in [-0.25, -0.2) is 4.79 Å². The molecule has 2 fully saturated rings. The predicted molar refractivity (Wildman–Crippen MR) is 136 cm³/mol. The van der Waals surface area contributed by atoms with Crippen LogP contribution < -0.4 is 9.62 Å². The quantitative estimate of drug-likeness (QED) is 0.542. The number of carbonyl (C=O) groups is 1. The van der Waals surface area contributed by atoms with Gasteiger partial charge in [-0.1, -0.05) is 31.9 Å². The number of anilines is 2. The van der Waals surface area contributed by atoms with Crippen molar-refractivity contribution in [1.29, 1.82) is 0 Å². The van der Waals surface area contributed by atoms with Gasteiger partial charge in [0.2, 0.25) is 0 Å². The fraction of sp³-hybridized carbons (Fsp3) is 0.583. The third-order valence-electron chi connectivity index (χ3n) is 6.30. The molecule has 11 heteroatoms. The summed E-state index contributed by atoms with van der Waals surface area (Å²) in [5.41, 5.74) is 0.973. The van der Waals surface area contributed by atoms with Crippen LogP contribution in [0.4, 0.5) is 29.5 Å².